The second-order valence-corrected chi connectivity index (χ2v) is 6.11. The average Bonchev–Trinajstić information content (AvgIpc) is 3.02. The molecule has 8 nitrogen and oxygen atoms in total. The molecule has 0 amide bonds. The third kappa shape index (κ3) is 6.12. The van der Waals surface area contributed by atoms with Crippen molar-refractivity contribution >= 4 is 41.9 Å². The Morgan fingerprint density at radius 1 is 1.44 bits per heavy atom. The second-order valence-electron chi connectivity index (χ2n) is 6.11. The maximum Gasteiger partial charge on any atom is 0.341 e. The molecule has 2 heterocycles. The summed E-state index contributed by atoms with van der Waals surface area (Å²) < 4.78 is 15.5. The molecule has 1 fully saturated rings. The number of aryl methyl sites for hydroxylation is 1. The van der Waals surface area contributed by atoms with Gasteiger partial charge in [0, 0.05) is 20.1 Å². The summed E-state index contributed by atoms with van der Waals surface area (Å²) in [6, 6.07) is 1.67. The first kappa shape index (κ1) is 23.3. The van der Waals surface area contributed by atoms with Gasteiger partial charge in [-0.15, -0.1) is 24.0 Å². The van der Waals surface area contributed by atoms with Crippen molar-refractivity contribution in [2.45, 2.75) is 33.2 Å². The van der Waals surface area contributed by atoms with E-state index in [9.17, 15) is 9.59 Å². The largest absolute Gasteiger partial charge is 0.466 e. The topological polar surface area (TPSA) is 93.4 Å². The molecule has 1 atom stereocenters. The second kappa shape index (κ2) is 11.2. The minimum absolute atomic E-state index is 0. The fourth-order valence-corrected chi connectivity index (χ4v) is 3.06. The lowest BCUT2D eigenvalue weighted by molar-refractivity contribution is -0.149. The fourth-order valence-electron chi connectivity index (χ4n) is 3.06. The Bertz CT molecular complexity index is 674. The summed E-state index contributed by atoms with van der Waals surface area (Å²) in [5.41, 5.74) is 0.416. The summed E-state index contributed by atoms with van der Waals surface area (Å²) in [5, 5.41) is 3.22. The molecule has 9 heteroatoms. The van der Waals surface area contributed by atoms with Gasteiger partial charge in [0.1, 0.15) is 17.1 Å². The Morgan fingerprint density at radius 3 is 2.81 bits per heavy atom. The monoisotopic (exact) mass is 493 g/mol. The highest BCUT2D eigenvalue weighted by Gasteiger charge is 2.28. The Hall–Kier alpha value is -1.78. The smallest absolute Gasteiger partial charge is 0.341 e. The molecule has 0 aliphatic carbocycles. The first-order valence-electron chi connectivity index (χ1n) is 8.80. The predicted octanol–water partition coefficient (Wildman–Crippen LogP) is 2.34. The van der Waals surface area contributed by atoms with Gasteiger partial charge in [-0.2, -0.15) is 0 Å². The summed E-state index contributed by atoms with van der Waals surface area (Å²) in [6.45, 7) is 5.70. The van der Waals surface area contributed by atoms with Gasteiger partial charge in [0.15, 0.2) is 5.96 Å². The number of aliphatic imine (C=N–C) groups is 1. The van der Waals surface area contributed by atoms with Crippen LogP contribution in [-0.4, -0.2) is 56.7 Å². The van der Waals surface area contributed by atoms with Crippen LogP contribution < -0.4 is 5.32 Å². The van der Waals surface area contributed by atoms with Crippen molar-refractivity contribution < 1.29 is 23.5 Å². The van der Waals surface area contributed by atoms with Crippen LogP contribution in [0.25, 0.3) is 0 Å². The van der Waals surface area contributed by atoms with Crippen LogP contribution in [0.3, 0.4) is 0 Å². The SMILES string of the molecule is CCOC(=O)C1CCCN(C(=NC)NCc2cc(C(=O)OC)c(C)o2)C1.I. The van der Waals surface area contributed by atoms with Gasteiger partial charge >= 0.3 is 11.9 Å². The summed E-state index contributed by atoms with van der Waals surface area (Å²) >= 11 is 0. The van der Waals surface area contributed by atoms with Crippen LogP contribution in [0.1, 0.15) is 41.6 Å². The number of rotatable bonds is 5. The Kier molecular flexibility index (Phi) is 9.61. The van der Waals surface area contributed by atoms with E-state index in [1.165, 1.54) is 7.11 Å². The van der Waals surface area contributed by atoms with Crippen LogP contribution in [0.2, 0.25) is 0 Å². The number of guanidine groups is 1. The van der Waals surface area contributed by atoms with E-state index in [0.29, 0.717) is 42.7 Å². The van der Waals surface area contributed by atoms with Gasteiger partial charge in [-0.1, -0.05) is 0 Å². The standard InChI is InChI=1S/C18H27N3O5.HI/c1-5-25-16(22)13-7-6-8-21(11-13)18(19-3)20-10-14-9-15(12(2)26-14)17(23)24-4;/h9,13H,5-8,10-11H2,1-4H3,(H,19,20);1H. The quantitative estimate of drug-likeness (QED) is 0.291. The molecule has 1 aromatic rings. The molecule has 1 N–H and O–H groups in total. The number of carbonyl (C=O) groups excluding carboxylic acids is 2. The van der Waals surface area contributed by atoms with Gasteiger partial charge in [0.05, 0.1) is 26.2 Å². The summed E-state index contributed by atoms with van der Waals surface area (Å²) in [7, 11) is 3.04. The van der Waals surface area contributed by atoms with Crippen LogP contribution in [-0.2, 0) is 20.8 Å². The third-order valence-corrected chi connectivity index (χ3v) is 4.35. The van der Waals surface area contributed by atoms with E-state index < -0.39 is 5.97 Å². The molecule has 1 aliphatic heterocycles. The van der Waals surface area contributed by atoms with Gasteiger partial charge in [-0.3, -0.25) is 9.79 Å². The maximum absolute atomic E-state index is 12.0. The van der Waals surface area contributed by atoms with Crippen LogP contribution >= 0.6 is 24.0 Å². The molecule has 1 saturated heterocycles. The first-order valence-corrected chi connectivity index (χ1v) is 8.80. The average molecular weight is 493 g/mol. The zero-order valence-electron chi connectivity index (χ0n) is 16.2. The van der Waals surface area contributed by atoms with Crippen molar-refractivity contribution in [2.24, 2.45) is 10.9 Å². The van der Waals surface area contributed by atoms with Crippen molar-refractivity contribution in [1.82, 2.24) is 10.2 Å². The number of methoxy groups -OCH3 is 1. The van der Waals surface area contributed by atoms with E-state index in [4.69, 9.17) is 13.9 Å². The van der Waals surface area contributed by atoms with Crippen molar-refractivity contribution in [2.75, 3.05) is 33.9 Å². The third-order valence-electron chi connectivity index (χ3n) is 4.35. The number of esters is 2. The number of likely N-dealkylation sites (tertiary alicyclic amines) is 1. The fraction of sp³-hybridized carbons (Fsp3) is 0.611. The molecule has 0 aromatic carbocycles. The molecule has 152 valence electrons. The van der Waals surface area contributed by atoms with E-state index >= 15 is 0 Å². The number of nitrogens with zero attached hydrogens (tertiary/aromatic N) is 2. The van der Waals surface area contributed by atoms with Gasteiger partial charge in [-0.05, 0) is 32.8 Å². The minimum Gasteiger partial charge on any atom is -0.466 e. The molecule has 27 heavy (non-hydrogen) atoms. The Morgan fingerprint density at radius 2 is 2.19 bits per heavy atom. The number of nitrogens with one attached hydrogen (secondary N) is 1. The molecular weight excluding hydrogens is 465 g/mol. The first-order chi connectivity index (χ1) is 12.5. The number of ether oxygens (including phenoxy) is 2. The number of halogens is 1. The number of piperidine rings is 1. The zero-order valence-corrected chi connectivity index (χ0v) is 18.6. The van der Waals surface area contributed by atoms with Crippen molar-refractivity contribution in [3.05, 3.63) is 23.2 Å². The lowest BCUT2D eigenvalue weighted by Crippen LogP contribution is -2.48. The van der Waals surface area contributed by atoms with Crippen LogP contribution in [0.15, 0.2) is 15.5 Å². The molecule has 0 radical (unpaired) electrons. The van der Waals surface area contributed by atoms with Crippen molar-refractivity contribution in [1.29, 1.82) is 0 Å². The van der Waals surface area contributed by atoms with Gasteiger partial charge in [0.2, 0.25) is 0 Å². The summed E-state index contributed by atoms with van der Waals surface area (Å²) in [5.74, 6) is 1.10. The number of hydrogen-bond donors (Lipinski definition) is 1. The number of furan rings is 1. The molecule has 0 bridgehead atoms. The summed E-state index contributed by atoms with van der Waals surface area (Å²) in [4.78, 5) is 30.0. The Labute approximate surface area is 176 Å². The van der Waals surface area contributed by atoms with Crippen molar-refractivity contribution in [3.63, 3.8) is 0 Å². The molecule has 1 unspecified atom stereocenters. The normalized spacial score (nSPS) is 17.1. The predicted molar refractivity (Wildman–Crippen MR) is 111 cm³/mol. The number of hydrogen-bond acceptors (Lipinski definition) is 6. The van der Waals surface area contributed by atoms with Crippen molar-refractivity contribution in [3.8, 4) is 0 Å². The van der Waals surface area contributed by atoms with Crippen LogP contribution in [0.4, 0.5) is 0 Å². The van der Waals surface area contributed by atoms with E-state index in [2.05, 4.69) is 10.3 Å². The summed E-state index contributed by atoms with van der Waals surface area (Å²) in [6.07, 6.45) is 1.72. The maximum atomic E-state index is 12.0. The molecule has 1 aliphatic rings. The van der Waals surface area contributed by atoms with Crippen LogP contribution in [0, 0.1) is 12.8 Å². The highest BCUT2D eigenvalue weighted by Crippen LogP contribution is 2.19. The highest BCUT2D eigenvalue weighted by atomic mass is 127. The van der Waals surface area contributed by atoms with E-state index in [1.807, 2.05) is 11.8 Å². The molecular formula is C18H28IN3O5. The zero-order chi connectivity index (χ0) is 19.1. The molecule has 1 aromatic heterocycles. The van der Waals surface area contributed by atoms with E-state index in [0.717, 1.165) is 19.4 Å². The van der Waals surface area contributed by atoms with E-state index in [-0.39, 0.29) is 35.9 Å². The lowest BCUT2D eigenvalue weighted by Gasteiger charge is -2.33. The van der Waals surface area contributed by atoms with Gasteiger partial charge in [0.25, 0.3) is 0 Å². The van der Waals surface area contributed by atoms with Gasteiger partial charge in [-0.25, -0.2) is 4.79 Å². The van der Waals surface area contributed by atoms with E-state index in [1.54, 1.807) is 20.0 Å². The Balaban J connectivity index is 0.00000364. The lowest BCUT2D eigenvalue weighted by atomic mass is 9.98. The highest BCUT2D eigenvalue weighted by molar-refractivity contribution is 14.0. The van der Waals surface area contributed by atoms with Crippen LogP contribution in [0.5, 0.6) is 0 Å². The number of carbonyl (C=O) groups is 2. The molecule has 0 saturated carbocycles. The molecule has 2 rings (SSSR count). The molecule has 0 spiro atoms. The van der Waals surface area contributed by atoms with Gasteiger partial charge < -0.3 is 24.1 Å². The minimum atomic E-state index is -0.421.